The van der Waals surface area contributed by atoms with E-state index < -0.39 is 0 Å². The quantitative estimate of drug-likeness (QED) is 0.241. The summed E-state index contributed by atoms with van der Waals surface area (Å²) >= 11 is 5.95. The van der Waals surface area contributed by atoms with E-state index >= 15 is 0 Å². The van der Waals surface area contributed by atoms with E-state index in [-0.39, 0.29) is 36.0 Å². The van der Waals surface area contributed by atoms with Crippen LogP contribution >= 0.6 is 35.6 Å². The van der Waals surface area contributed by atoms with Crippen LogP contribution in [-0.2, 0) is 6.54 Å². The molecule has 0 spiro atoms. The van der Waals surface area contributed by atoms with Crippen LogP contribution in [0.15, 0.2) is 41.7 Å². The van der Waals surface area contributed by atoms with E-state index in [0.717, 1.165) is 49.6 Å². The molecule has 0 saturated heterocycles. The van der Waals surface area contributed by atoms with Gasteiger partial charge >= 0.3 is 0 Å². The van der Waals surface area contributed by atoms with Crippen LogP contribution < -0.4 is 10.6 Å². The maximum Gasteiger partial charge on any atom is 0.191 e. The molecule has 2 rings (SSSR count). The third-order valence-corrected chi connectivity index (χ3v) is 5.52. The summed E-state index contributed by atoms with van der Waals surface area (Å²) in [6.45, 7) is 8.73. The summed E-state index contributed by atoms with van der Waals surface area (Å²) in [7, 11) is 0. The summed E-state index contributed by atoms with van der Waals surface area (Å²) in [6.07, 6.45) is 6.63. The molecular weight excluding hydrogens is 501 g/mol. The fourth-order valence-electron chi connectivity index (χ4n) is 3.14. The fraction of sp³-hybridized carbons (Fsp3) is 0.524. The molecule has 1 heterocycles. The maximum atomic E-state index is 9.41. The Morgan fingerprint density at radius 1 is 1.17 bits per heavy atom. The summed E-state index contributed by atoms with van der Waals surface area (Å²) in [6, 6.07) is 7.57. The van der Waals surface area contributed by atoms with E-state index in [4.69, 9.17) is 16.6 Å². The highest BCUT2D eigenvalue weighted by Crippen LogP contribution is 2.29. The van der Waals surface area contributed by atoms with Gasteiger partial charge in [-0.3, -0.25) is 0 Å². The molecule has 29 heavy (non-hydrogen) atoms. The molecule has 0 saturated carbocycles. The van der Waals surface area contributed by atoms with Gasteiger partial charge in [0.25, 0.3) is 0 Å². The van der Waals surface area contributed by atoms with E-state index in [1.54, 1.807) is 0 Å². The highest BCUT2D eigenvalue weighted by atomic mass is 127. The molecular formula is C21H33ClIN5O. The second-order valence-corrected chi connectivity index (χ2v) is 7.44. The molecule has 1 aromatic carbocycles. The molecule has 1 aromatic heterocycles. The molecule has 0 fully saturated rings. The van der Waals surface area contributed by atoms with Gasteiger partial charge in [-0.05, 0) is 55.9 Å². The SMILES string of the molecule is CCNC(=NCc1cnn(-c2ccc(Cl)cc2)c1)NCC(CC)(CC)CCO.I. The van der Waals surface area contributed by atoms with Gasteiger partial charge in [0, 0.05) is 36.5 Å². The topological polar surface area (TPSA) is 74.5 Å². The number of aromatic nitrogens is 2. The summed E-state index contributed by atoms with van der Waals surface area (Å²) in [5.74, 6) is 0.783. The van der Waals surface area contributed by atoms with Crippen molar-refractivity contribution in [3.05, 3.63) is 47.2 Å². The van der Waals surface area contributed by atoms with Crippen LogP contribution in [0.5, 0.6) is 0 Å². The average Bonchev–Trinajstić information content (AvgIpc) is 3.18. The first-order chi connectivity index (χ1) is 13.6. The van der Waals surface area contributed by atoms with Gasteiger partial charge in [0.1, 0.15) is 0 Å². The number of halogens is 2. The molecule has 2 aromatic rings. The van der Waals surface area contributed by atoms with Crippen molar-refractivity contribution in [2.45, 2.75) is 46.6 Å². The number of nitrogens with zero attached hydrogens (tertiary/aromatic N) is 3. The number of aliphatic hydroxyl groups excluding tert-OH is 1. The lowest BCUT2D eigenvalue weighted by atomic mass is 9.79. The Labute approximate surface area is 196 Å². The first-order valence-corrected chi connectivity index (χ1v) is 10.4. The molecule has 0 aliphatic heterocycles. The third-order valence-electron chi connectivity index (χ3n) is 5.26. The number of hydrogen-bond donors (Lipinski definition) is 3. The Morgan fingerprint density at radius 2 is 1.86 bits per heavy atom. The number of benzene rings is 1. The lowest BCUT2D eigenvalue weighted by Gasteiger charge is -2.32. The van der Waals surface area contributed by atoms with Crippen molar-refractivity contribution in [1.82, 2.24) is 20.4 Å². The Balaban J connectivity index is 0.00000420. The number of rotatable bonds is 10. The number of aliphatic hydroxyl groups is 1. The van der Waals surface area contributed by atoms with Gasteiger partial charge in [-0.15, -0.1) is 24.0 Å². The maximum absolute atomic E-state index is 9.41. The van der Waals surface area contributed by atoms with Gasteiger partial charge < -0.3 is 15.7 Å². The monoisotopic (exact) mass is 533 g/mol. The second-order valence-electron chi connectivity index (χ2n) is 7.00. The van der Waals surface area contributed by atoms with Crippen LogP contribution in [0.25, 0.3) is 5.69 Å². The zero-order chi connectivity index (χ0) is 20.4. The van der Waals surface area contributed by atoms with Gasteiger partial charge in [-0.2, -0.15) is 5.10 Å². The Kier molecular flexibility index (Phi) is 11.6. The highest BCUT2D eigenvalue weighted by molar-refractivity contribution is 14.0. The minimum atomic E-state index is 0. The Bertz CT molecular complexity index is 744. The van der Waals surface area contributed by atoms with Crippen LogP contribution in [0.1, 0.15) is 45.6 Å². The molecule has 0 unspecified atom stereocenters. The first kappa shape index (κ1) is 25.7. The minimum absolute atomic E-state index is 0. The molecule has 6 nitrogen and oxygen atoms in total. The van der Waals surface area contributed by atoms with Crippen LogP contribution in [0.3, 0.4) is 0 Å². The summed E-state index contributed by atoms with van der Waals surface area (Å²) in [5, 5.41) is 21.3. The largest absolute Gasteiger partial charge is 0.396 e. The van der Waals surface area contributed by atoms with Crippen molar-refractivity contribution in [3.8, 4) is 5.69 Å². The van der Waals surface area contributed by atoms with Crippen molar-refractivity contribution in [3.63, 3.8) is 0 Å². The third kappa shape index (κ3) is 7.79. The summed E-state index contributed by atoms with van der Waals surface area (Å²) in [4.78, 5) is 4.69. The second kappa shape index (κ2) is 13.1. The average molecular weight is 534 g/mol. The molecule has 8 heteroatoms. The van der Waals surface area contributed by atoms with Gasteiger partial charge in [0.2, 0.25) is 0 Å². The Hall–Kier alpha value is -1.32. The molecule has 0 amide bonds. The fourth-order valence-corrected chi connectivity index (χ4v) is 3.27. The van der Waals surface area contributed by atoms with Crippen molar-refractivity contribution >= 4 is 41.5 Å². The zero-order valence-corrected chi connectivity index (χ0v) is 20.6. The molecule has 0 bridgehead atoms. The summed E-state index contributed by atoms with van der Waals surface area (Å²) < 4.78 is 1.82. The van der Waals surface area contributed by atoms with Crippen molar-refractivity contribution in [2.24, 2.45) is 10.4 Å². The lowest BCUT2D eigenvalue weighted by molar-refractivity contribution is 0.169. The van der Waals surface area contributed by atoms with Gasteiger partial charge in [0.05, 0.1) is 18.4 Å². The predicted octanol–water partition coefficient (Wildman–Crippen LogP) is 4.39. The van der Waals surface area contributed by atoms with Crippen molar-refractivity contribution in [1.29, 1.82) is 0 Å². The van der Waals surface area contributed by atoms with Crippen LogP contribution in [0.2, 0.25) is 5.02 Å². The summed E-state index contributed by atoms with van der Waals surface area (Å²) in [5.41, 5.74) is 2.08. The highest BCUT2D eigenvalue weighted by Gasteiger charge is 2.25. The number of hydrogen-bond acceptors (Lipinski definition) is 3. The van der Waals surface area contributed by atoms with Crippen LogP contribution in [-0.4, -0.2) is 40.5 Å². The van der Waals surface area contributed by atoms with E-state index in [2.05, 4.69) is 36.5 Å². The normalized spacial score (nSPS) is 11.8. The predicted molar refractivity (Wildman–Crippen MR) is 132 cm³/mol. The van der Waals surface area contributed by atoms with Crippen LogP contribution in [0.4, 0.5) is 0 Å². The van der Waals surface area contributed by atoms with Gasteiger partial charge in [-0.1, -0.05) is 25.4 Å². The smallest absolute Gasteiger partial charge is 0.191 e. The molecule has 0 aliphatic rings. The molecule has 0 atom stereocenters. The van der Waals surface area contributed by atoms with E-state index in [0.29, 0.717) is 11.6 Å². The zero-order valence-electron chi connectivity index (χ0n) is 17.5. The molecule has 162 valence electrons. The number of guanidine groups is 1. The molecule has 0 aliphatic carbocycles. The Morgan fingerprint density at radius 3 is 2.45 bits per heavy atom. The van der Waals surface area contributed by atoms with Gasteiger partial charge in [-0.25, -0.2) is 9.67 Å². The van der Waals surface area contributed by atoms with Crippen LogP contribution in [0, 0.1) is 5.41 Å². The number of aliphatic imine (C=N–C) groups is 1. The van der Waals surface area contributed by atoms with E-state index in [1.165, 1.54) is 0 Å². The minimum Gasteiger partial charge on any atom is -0.396 e. The lowest BCUT2D eigenvalue weighted by Crippen LogP contribution is -2.43. The van der Waals surface area contributed by atoms with Crippen molar-refractivity contribution in [2.75, 3.05) is 19.7 Å². The van der Waals surface area contributed by atoms with Crippen molar-refractivity contribution < 1.29 is 5.11 Å². The molecule has 3 N–H and O–H groups in total. The standard InChI is InChI=1S/C21H32ClN5O.HI/c1-4-21(5-2,11-12-28)16-25-20(23-6-3)24-13-17-14-26-27(15-17)19-9-7-18(22)8-10-19;/h7-10,14-15,28H,4-6,11-13,16H2,1-3H3,(H2,23,24,25);1H. The van der Waals surface area contributed by atoms with Gasteiger partial charge in [0.15, 0.2) is 5.96 Å². The number of nitrogens with one attached hydrogen (secondary N) is 2. The molecule has 0 radical (unpaired) electrons. The first-order valence-electron chi connectivity index (χ1n) is 9.98. The van der Waals surface area contributed by atoms with E-state index in [9.17, 15) is 5.11 Å². The van der Waals surface area contributed by atoms with E-state index in [1.807, 2.05) is 41.3 Å².